The molecule has 0 spiro atoms. The van der Waals surface area contributed by atoms with Crippen molar-refractivity contribution in [3.05, 3.63) is 66.5 Å². The quantitative estimate of drug-likeness (QED) is 0.0990. The Balaban J connectivity index is 1.41. The molecule has 6 nitrogen and oxygen atoms in total. The zero-order chi connectivity index (χ0) is 30.0. The summed E-state index contributed by atoms with van der Waals surface area (Å²) in [6.07, 6.45) is 16.2. The van der Waals surface area contributed by atoms with Gasteiger partial charge in [0.15, 0.2) is 11.9 Å². The summed E-state index contributed by atoms with van der Waals surface area (Å²) >= 11 is 0. The molecule has 1 aromatic heterocycles. The Hall–Kier alpha value is -3.25. The first kappa shape index (κ1) is 33.3. The molecule has 42 heavy (non-hydrogen) atoms. The van der Waals surface area contributed by atoms with Crippen LogP contribution in [0.4, 0.5) is 0 Å². The fourth-order valence-corrected chi connectivity index (χ4v) is 4.70. The summed E-state index contributed by atoms with van der Waals surface area (Å²) in [5, 5.41) is 0. The van der Waals surface area contributed by atoms with Crippen molar-refractivity contribution in [2.75, 3.05) is 13.2 Å². The van der Waals surface area contributed by atoms with E-state index in [9.17, 15) is 4.79 Å². The number of ether oxygens (including phenoxy) is 3. The summed E-state index contributed by atoms with van der Waals surface area (Å²) in [5.74, 6) is 1.08. The summed E-state index contributed by atoms with van der Waals surface area (Å²) in [7, 11) is 0. The van der Waals surface area contributed by atoms with Crippen LogP contribution in [0.1, 0.15) is 97.5 Å². The first-order valence-corrected chi connectivity index (χ1v) is 16.0. The minimum absolute atomic E-state index is 0.268. The molecule has 3 rings (SSSR count). The lowest BCUT2D eigenvalue weighted by Gasteiger charge is -2.18. The Bertz CT molecular complexity index is 1150. The van der Waals surface area contributed by atoms with E-state index in [4.69, 9.17) is 14.2 Å². The first-order chi connectivity index (χ1) is 20.5. The van der Waals surface area contributed by atoms with Gasteiger partial charge in [-0.05, 0) is 56.4 Å². The normalized spacial score (nSPS) is 12.6. The maximum atomic E-state index is 12.3. The fraction of sp³-hybridized carbons (Fsp3) is 0.528. The van der Waals surface area contributed by atoms with E-state index in [1.165, 1.54) is 56.9 Å². The highest BCUT2D eigenvalue weighted by Crippen LogP contribution is 2.24. The summed E-state index contributed by atoms with van der Waals surface area (Å²) in [4.78, 5) is 21.5. The fourth-order valence-electron chi connectivity index (χ4n) is 4.70. The lowest BCUT2D eigenvalue weighted by atomic mass is 10.0. The number of carbonyl (C=O) groups excluding carboxylic acids is 1. The standard InChI is InChI=1S/C36H50N2O4/c1-5-7-9-11-12-13-15-30-16-18-32(19-17-30)35-37-25-33(26-38-35)31-20-22-34(23-21-31)41-27-28(3)42-36(39)29(4)40-24-14-10-8-6-2/h16-23,25-26,28-29H,5-15,24,27H2,1-4H3. The van der Waals surface area contributed by atoms with Gasteiger partial charge >= 0.3 is 5.97 Å². The van der Waals surface area contributed by atoms with Gasteiger partial charge in [-0.3, -0.25) is 0 Å². The Morgan fingerprint density at radius 3 is 1.98 bits per heavy atom. The number of rotatable bonds is 20. The van der Waals surface area contributed by atoms with Gasteiger partial charge in [0.1, 0.15) is 18.5 Å². The minimum Gasteiger partial charge on any atom is -0.490 e. The molecule has 0 N–H and O–H groups in total. The smallest absolute Gasteiger partial charge is 0.335 e. The molecule has 0 fully saturated rings. The van der Waals surface area contributed by atoms with Crippen molar-refractivity contribution < 1.29 is 19.0 Å². The zero-order valence-corrected chi connectivity index (χ0v) is 26.1. The van der Waals surface area contributed by atoms with Crippen LogP contribution in [-0.4, -0.2) is 41.4 Å². The first-order valence-electron chi connectivity index (χ1n) is 16.0. The molecule has 0 aliphatic carbocycles. The summed E-state index contributed by atoms with van der Waals surface area (Å²) in [5.41, 5.74) is 4.35. The van der Waals surface area contributed by atoms with Crippen molar-refractivity contribution in [3.8, 4) is 28.3 Å². The van der Waals surface area contributed by atoms with E-state index in [0.717, 1.165) is 41.8 Å². The molecule has 2 atom stereocenters. The van der Waals surface area contributed by atoms with Gasteiger partial charge in [0.2, 0.25) is 0 Å². The molecule has 2 unspecified atom stereocenters. The molecular formula is C36H50N2O4. The van der Waals surface area contributed by atoms with E-state index in [-0.39, 0.29) is 18.7 Å². The largest absolute Gasteiger partial charge is 0.490 e. The van der Waals surface area contributed by atoms with Crippen LogP contribution in [0.15, 0.2) is 60.9 Å². The maximum absolute atomic E-state index is 12.3. The van der Waals surface area contributed by atoms with E-state index < -0.39 is 6.10 Å². The molecule has 6 heteroatoms. The van der Waals surface area contributed by atoms with Crippen molar-refractivity contribution in [2.45, 2.75) is 111 Å². The van der Waals surface area contributed by atoms with Gasteiger partial charge in [0, 0.05) is 30.1 Å². The summed E-state index contributed by atoms with van der Waals surface area (Å²) < 4.78 is 16.9. The summed E-state index contributed by atoms with van der Waals surface area (Å²) in [6, 6.07) is 16.4. The van der Waals surface area contributed by atoms with Gasteiger partial charge in [-0.1, -0.05) is 102 Å². The average molecular weight is 575 g/mol. The maximum Gasteiger partial charge on any atom is 0.335 e. The van der Waals surface area contributed by atoms with Crippen LogP contribution in [0.3, 0.4) is 0 Å². The number of hydrogen-bond donors (Lipinski definition) is 0. The second-order valence-corrected chi connectivity index (χ2v) is 11.2. The number of nitrogens with zero attached hydrogens (tertiary/aromatic N) is 2. The number of aryl methyl sites for hydroxylation is 1. The van der Waals surface area contributed by atoms with E-state index in [0.29, 0.717) is 12.4 Å². The van der Waals surface area contributed by atoms with Gasteiger partial charge < -0.3 is 14.2 Å². The molecule has 2 aromatic carbocycles. The molecule has 3 aromatic rings. The Morgan fingerprint density at radius 1 is 0.714 bits per heavy atom. The van der Waals surface area contributed by atoms with Gasteiger partial charge in [0.25, 0.3) is 0 Å². The van der Waals surface area contributed by atoms with Crippen LogP contribution in [0.5, 0.6) is 5.75 Å². The second-order valence-electron chi connectivity index (χ2n) is 11.2. The van der Waals surface area contributed by atoms with Crippen LogP contribution in [0.2, 0.25) is 0 Å². The van der Waals surface area contributed by atoms with Gasteiger partial charge in [-0.2, -0.15) is 0 Å². The third-order valence-electron chi connectivity index (χ3n) is 7.37. The number of carbonyl (C=O) groups is 1. The molecule has 0 amide bonds. The molecule has 0 saturated carbocycles. The third kappa shape index (κ3) is 11.9. The number of benzene rings is 2. The highest BCUT2D eigenvalue weighted by Gasteiger charge is 2.18. The Morgan fingerprint density at radius 2 is 1.31 bits per heavy atom. The predicted octanol–water partition coefficient (Wildman–Crippen LogP) is 9.01. The van der Waals surface area contributed by atoms with Gasteiger partial charge in [-0.15, -0.1) is 0 Å². The number of hydrogen-bond acceptors (Lipinski definition) is 6. The molecule has 0 bridgehead atoms. The lowest BCUT2D eigenvalue weighted by Crippen LogP contribution is -2.30. The molecular weight excluding hydrogens is 524 g/mol. The SMILES string of the molecule is CCCCCCCCc1ccc(-c2ncc(-c3ccc(OCC(C)OC(=O)C(C)OCCCCCC)cc3)cn2)cc1. The van der Waals surface area contributed by atoms with E-state index in [1.54, 1.807) is 6.92 Å². The molecule has 0 radical (unpaired) electrons. The van der Waals surface area contributed by atoms with Crippen molar-refractivity contribution in [2.24, 2.45) is 0 Å². The Kier molecular flexibility index (Phi) is 15.1. The number of esters is 1. The average Bonchev–Trinajstić information content (AvgIpc) is 3.02. The minimum atomic E-state index is -0.573. The van der Waals surface area contributed by atoms with Crippen molar-refractivity contribution in [3.63, 3.8) is 0 Å². The monoisotopic (exact) mass is 574 g/mol. The molecule has 0 saturated heterocycles. The van der Waals surface area contributed by atoms with Crippen LogP contribution in [0.25, 0.3) is 22.5 Å². The van der Waals surface area contributed by atoms with Gasteiger partial charge in [0.05, 0.1) is 0 Å². The van der Waals surface area contributed by atoms with Crippen LogP contribution < -0.4 is 4.74 Å². The number of aromatic nitrogens is 2. The summed E-state index contributed by atoms with van der Waals surface area (Å²) in [6.45, 7) is 8.83. The third-order valence-corrected chi connectivity index (χ3v) is 7.37. The van der Waals surface area contributed by atoms with E-state index >= 15 is 0 Å². The van der Waals surface area contributed by atoms with Gasteiger partial charge in [-0.25, -0.2) is 14.8 Å². The molecule has 228 valence electrons. The lowest BCUT2D eigenvalue weighted by molar-refractivity contribution is -0.162. The van der Waals surface area contributed by atoms with Crippen molar-refractivity contribution >= 4 is 5.97 Å². The van der Waals surface area contributed by atoms with Crippen molar-refractivity contribution in [1.82, 2.24) is 9.97 Å². The second kappa shape index (κ2) is 19.0. The molecule has 0 aliphatic heterocycles. The highest BCUT2D eigenvalue weighted by molar-refractivity contribution is 5.74. The molecule has 1 heterocycles. The number of unbranched alkanes of at least 4 members (excludes halogenated alkanes) is 8. The zero-order valence-electron chi connectivity index (χ0n) is 26.1. The van der Waals surface area contributed by atoms with Crippen molar-refractivity contribution in [1.29, 1.82) is 0 Å². The highest BCUT2D eigenvalue weighted by atomic mass is 16.6. The van der Waals surface area contributed by atoms with Crippen LogP contribution >= 0.6 is 0 Å². The predicted molar refractivity (Wildman–Crippen MR) is 171 cm³/mol. The van der Waals surface area contributed by atoms with Crippen LogP contribution in [-0.2, 0) is 20.7 Å². The van der Waals surface area contributed by atoms with E-state index in [2.05, 4.69) is 48.1 Å². The van der Waals surface area contributed by atoms with Crippen LogP contribution in [0, 0.1) is 0 Å². The topological polar surface area (TPSA) is 70.5 Å². The van der Waals surface area contributed by atoms with E-state index in [1.807, 2.05) is 43.6 Å². The molecule has 0 aliphatic rings. The Labute approximate surface area is 253 Å².